The SMILES string of the molecule is CN=C(NCCCC(=O)NC1CC1)NC(C)c1ccc2ccccc2c1. The molecule has 1 atom stereocenters. The van der Waals surface area contributed by atoms with Gasteiger partial charge in [-0.25, -0.2) is 0 Å². The molecule has 1 unspecified atom stereocenters. The van der Waals surface area contributed by atoms with Crippen LogP contribution < -0.4 is 16.0 Å². The van der Waals surface area contributed by atoms with Crippen molar-refractivity contribution in [3.05, 3.63) is 48.0 Å². The maximum Gasteiger partial charge on any atom is 0.220 e. The summed E-state index contributed by atoms with van der Waals surface area (Å²) < 4.78 is 0. The van der Waals surface area contributed by atoms with Gasteiger partial charge < -0.3 is 16.0 Å². The average Bonchev–Trinajstić information content (AvgIpc) is 3.47. The lowest BCUT2D eigenvalue weighted by atomic mass is 10.0. The Labute approximate surface area is 155 Å². The number of aliphatic imine (C=N–C) groups is 1. The van der Waals surface area contributed by atoms with E-state index >= 15 is 0 Å². The largest absolute Gasteiger partial charge is 0.356 e. The van der Waals surface area contributed by atoms with Crippen LogP contribution in [0.1, 0.15) is 44.2 Å². The molecule has 1 saturated carbocycles. The molecule has 3 N–H and O–H groups in total. The van der Waals surface area contributed by atoms with E-state index in [1.165, 1.54) is 16.3 Å². The van der Waals surface area contributed by atoms with Crippen LogP contribution >= 0.6 is 0 Å². The summed E-state index contributed by atoms with van der Waals surface area (Å²) >= 11 is 0. The Morgan fingerprint density at radius 1 is 1.19 bits per heavy atom. The molecule has 0 radical (unpaired) electrons. The van der Waals surface area contributed by atoms with Gasteiger partial charge in [-0.05, 0) is 48.6 Å². The van der Waals surface area contributed by atoms with Gasteiger partial charge in [-0.2, -0.15) is 0 Å². The molecule has 0 aliphatic heterocycles. The third kappa shape index (κ3) is 5.22. The Hall–Kier alpha value is -2.56. The Kier molecular flexibility index (Phi) is 6.10. The molecule has 1 aliphatic carbocycles. The third-order valence-electron chi connectivity index (χ3n) is 4.67. The second-order valence-corrected chi connectivity index (χ2v) is 6.92. The van der Waals surface area contributed by atoms with Crippen molar-refractivity contribution in [2.24, 2.45) is 4.99 Å². The summed E-state index contributed by atoms with van der Waals surface area (Å²) in [7, 11) is 1.77. The van der Waals surface area contributed by atoms with E-state index in [9.17, 15) is 4.79 Å². The van der Waals surface area contributed by atoms with Gasteiger partial charge >= 0.3 is 0 Å². The fraction of sp³-hybridized carbons (Fsp3) is 0.429. The van der Waals surface area contributed by atoms with Crippen molar-refractivity contribution in [1.29, 1.82) is 0 Å². The van der Waals surface area contributed by atoms with Crippen LogP contribution in [0.5, 0.6) is 0 Å². The summed E-state index contributed by atoms with van der Waals surface area (Å²) in [5.41, 5.74) is 1.22. The molecule has 26 heavy (non-hydrogen) atoms. The zero-order valence-corrected chi connectivity index (χ0v) is 15.6. The van der Waals surface area contributed by atoms with Gasteiger partial charge in [0.1, 0.15) is 0 Å². The number of hydrogen-bond donors (Lipinski definition) is 3. The van der Waals surface area contributed by atoms with E-state index in [0.717, 1.165) is 31.8 Å². The predicted molar refractivity (Wildman–Crippen MR) is 107 cm³/mol. The zero-order chi connectivity index (χ0) is 18.4. The van der Waals surface area contributed by atoms with Crippen molar-refractivity contribution in [2.45, 2.75) is 44.7 Å². The van der Waals surface area contributed by atoms with E-state index in [1.54, 1.807) is 7.05 Å². The first-order valence-electron chi connectivity index (χ1n) is 9.41. The average molecular weight is 352 g/mol. The van der Waals surface area contributed by atoms with Crippen LogP contribution in [0.2, 0.25) is 0 Å². The smallest absolute Gasteiger partial charge is 0.220 e. The van der Waals surface area contributed by atoms with Crippen molar-refractivity contribution in [2.75, 3.05) is 13.6 Å². The summed E-state index contributed by atoms with van der Waals surface area (Å²) in [6.07, 6.45) is 3.62. The highest BCUT2D eigenvalue weighted by molar-refractivity contribution is 5.84. The van der Waals surface area contributed by atoms with E-state index in [1.807, 2.05) is 0 Å². The summed E-state index contributed by atoms with van der Waals surface area (Å²) in [6, 6.07) is 15.5. The Bertz CT molecular complexity index is 782. The highest BCUT2D eigenvalue weighted by atomic mass is 16.1. The van der Waals surface area contributed by atoms with Gasteiger partial charge in [0.25, 0.3) is 0 Å². The van der Waals surface area contributed by atoms with Gasteiger partial charge in [0, 0.05) is 26.1 Å². The van der Waals surface area contributed by atoms with E-state index in [-0.39, 0.29) is 11.9 Å². The summed E-state index contributed by atoms with van der Waals surface area (Å²) in [6.45, 7) is 2.85. The van der Waals surface area contributed by atoms with E-state index in [2.05, 4.69) is 70.3 Å². The van der Waals surface area contributed by atoms with Gasteiger partial charge in [-0.3, -0.25) is 9.79 Å². The molecule has 5 nitrogen and oxygen atoms in total. The van der Waals surface area contributed by atoms with Crippen LogP contribution in [0, 0.1) is 0 Å². The van der Waals surface area contributed by atoms with Crippen LogP contribution in [0.3, 0.4) is 0 Å². The van der Waals surface area contributed by atoms with Gasteiger partial charge in [0.05, 0.1) is 6.04 Å². The molecule has 3 rings (SSSR count). The van der Waals surface area contributed by atoms with Crippen LogP contribution in [0.15, 0.2) is 47.5 Å². The maximum atomic E-state index is 11.7. The molecule has 1 amide bonds. The molecule has 1 aliphatic rings. The molecule has 2 aromatic carbocycles. The Morgan fingerprint density at radius 2 is 1.96 bits per heavy atom. The molecular weight excluding hydrogens is 324 g/mol. The minimum absolute atomic E-state index is 0.143. The molecule has 5 heteroatoms. The Morgan fingerprint density at radius 3 is 2.69 bits per heavy atom. The van der Waals surface area contributed by atoms with Crippen molar-refractivity contribution in [3.8, 4) is 0 Å². The second-order valence-electron chi connectivity index (χ2n) is 6.92. The molecule has 2 aromatic rings. The number of carbonyl (C=O) groups is 1. The highest BCUT2D eigenvalue weighted by Gasteiger charge is 2.22. The fourth-order valence-electron chi connectivity index (χ4n) is 2.94. The minimum Gasteiger partial charge on any atom is -0.356 e. The van der Waals surface area contributed by atoms with Gasteiger partial charge in [-0.1, -0.05) is 36.4 Å². The number of amides is 1. The first-order valence-corrected chi connectivity index (χ1v) is 9.41. The fourth-order valence-corrected chi connectivity index (χ4v) is 2.94. The lowest BCUT2D eigenvalue weighted by Gasteiger charge is -2.18. The number of nitrogens with zero attached hydrogens (tertiary/aromatic N) is 1. The van der Waals surface area contributed by atoms with Gasteiger partial charge in [-0.15, -0.1) is 0 Å². The van der Waals surface area contributed by atoms with Crippen molar-refractivity contribution < 1.29 is 4.79 Å². The molecule has 0 saturated heterocycles. The third-order valence-corrected chi connectivity index (χ3v) is 4.67. The molecule has 0 bridgehead atoms. The normalized spacial score (nSPS) is 15.5. The van der Waals surface area contributed by atoms with Gasteiger partial charge in [0.2, 0.25) is 5.91 Å². The summed E-state index contributed by atoms with van der Waals surface area (Å²) in [4.78, 5) is 16.0. The number of benzene rings is 2. The number of rotatable bonds is 7. The van der Waals surface area contributed by atoms with Crippen molar-refractivity contribution >= 4 is 22.6 Å². The monoisotopic (exact) mass is 352 g/mol. The van der Waals surface area contributed by atoms with E-state index in [4.69, 9.17) is 0 Å². The standard InChI is InChI=1S/C21H28N4O/c1-15(17-10-9-16-6-3-4-7-18(16)14-17)24-21(22-2)23-13-5-8-20(26)25-19-11-12-19/h3-4,6-7,9-10,14-15,19H,5,8,11-13H2,1-2H3,(H,25,26)(H2,22,23,24). The first-order chi connectivity index (χ1) is 12.7. The molecular formula is C21H28N4O. The Balaban J connectivity index is 1.46. The van der Waals surface area contributed by atoms with Crippen molar-refractivity contribution in [1.82, 2.24) is 16.0 Å². The molecule has 0 heterocycles. The first kappa shape index (κ1) is 18.2. The second kappa shape index (κ2) is 8.70. The zero-order valence-electron chi connectivity index (χ0n) is 15.6. The highest BCUT2D eigenvalue weighted by Crippen LogP contribution is 2.20. The number of nitrogens with one attached hydrogen (secondary N) is 3. The van der Waals surface area contributed by atoms with Crippen LogP contribution in [-0.2, 0) is 4.79 Å². The van der Waals surface area contributed by atoms with Crippen molar-refractivity contribution in [3.63, 3.8) is 0 Å². The molecule has 1 fully saturated rings. The maximum absolute atomic E-state index is 11.7. The number of guanidine groups is 1. The molecule has 0 aromatic heterocycles. The lowest BCUT2D eigenvalue weighted by Crippen LogP contribution is -2.39. The van der Waals surface area contributed by atoms with Crippen LogP contribution in [0.4, 0.5) is 0 Å². The molecule has 138 valence electrons. The number of hydrogen-bond acceptors (Lipinski definition) is 2. The lowest BCUT2D eigenvalue weighted by molar-refractivity contribution is -0.121. The molecule has 0 spiro atoms. The number of carbonyl (C=O) groups excluding carboxylic acids is 1. The summed E-state index contributed by atoms with van der Waals surface area (Å²) in [5.74, 6) is 0.912. The van der Waals surface area contributed by atoms with E-state index < -0.39 is 0 Å². The van der Waals surface area contributed by atoms with Gasteiger partial charge in [0.15, 0.2) is 5.96 Å². The summed E-state index contributed by atoms with van der Waals surface area (Å²) in [5, 5.41) is 12.2. The van der Waals surface area contributed by atoms with E-state index in [0.29, 0.717) is 12.5 Å². The van der Waals surface area contributed by atoms with Crippen LogP contribution in [0.25, 0.3) is 10.8 Å². The minimum atomic E-state index is 0.143. The van der Waals surface area contributed by atoms with Crippen LogP contribution in [-0.4, -0.2) is 31.5 Å². The number of fused-ring (bicyclic) bond motifs is 1. The predicted octanol–water partition coefficient (Wildman–Crippen LogP) is 3.12. The quantitative estimate of drug-likeness (QED) is 0.407. The topological polar surface area (TPSA) is 65.5 Å².